The second kappa shape index (κ2) is 11.4. The van der Waals surface area contributed by atoms with Crippen LogP contribution >= 0.6 is 0 Å². The number of aromatic nitrogens is 2. The quantitative estimate of drug-likeness (QED) is 0.301. The lowest BCUT2D eigenvalue weighted by Crippen LogP contribution is -2.48. The zero-order valence-corrected chi connectivity index (χ0v) is 24.2. The van der Waals surface area contributed by atoms with Gasteiger partial charge in [0.25, 0.3) is 5.56 Å². The molecular weight excluding hydrogens is 548 g/mol. The fourth-order valence-electron chi connectivity index (χ4n) is 6.46. The first-order valence-electron chi connectivity index (χ1n) is 14.3. The van der Waals surface area contributed by atoms with Crippen LogP contribution in [-0.2, 0) is 27.2 Å². The maximum atomic E-state index is 14.1. The van der Waals surface area contributed by atoms with Gasteiger partial charge in [0.1, 0.15) is 12.0 Å². The van der Waals surface area contributed by atoms with Crippen LogP contribution in [0, 0.1) is 5.41 Å². The van der Waals surface area contributed by atoms with Gasteiger partial charge in [-0.05, 0) is 42.0 Å². The van der Waals surface area contributed by atoms with Crippen molar-refractivity contribution >= 4 is 28.7 Å². The summed E-state index contributed by atoms with van der Waals surface area (Å²) in [7, 11) is 3.05. The number of nitrogens with two attached hydrogens (primary N) is 1. The van der Waals surface area contributed by atoms with Crippen LogP contribution in [0.2, 0.25) is 0 Å². The molecule has 3 N–H and O–H groups in total. The molecule has 10 heteroatoms. The highest BCUT2D eigenvalue weighted by Crippen LogP contribution is 2.41. The summed E-state index contributed by atoms with van der Waals surface area (Å²) in [6.45, 7) is 0.932. The van der Waals surface area contributed by atoms with Crippen LogP contribution in [0.4, 0.5) is 5.95 Å². The largest absolute Gasteiger partial charge is 0.493 e. The number of hydrogen-bond donors (Lipinski definition) is 2. The number of nitrogens with one attached hydrogen (secondary N) is 1. The number of hydrogen-bond acceptors (Lipinski definition) is 8. The van der Waals surface area contributed by atoms with E-state index in [4.69, 9.17) is 24.9 Å². The number of esters is 1. The molecule has 1 saturated heterocycles. The van der Waals surface area contributed by atoms with E-state index in [1.165, 1.54) is 14.2 Å². The van der Waals surface area contributed by atoms with E-state index in [2.05, 4.69) is 4.98 Å². The number of primary amides is 1. The molecular formula is C33H34N4O6. The molecule has 1 fully saturated rings. The topological polar surface area (TPSA) is 137 Å². The molecule has 1 aliphatic carbocycles. The van der Waals surface area contributed by atoms with Crippen molar-refractivity contribution in [3.8, 4) is 11.5 Å². The molecule has 2 aliphatic rings. The molecule has 0 radical (unpaired) electrons. The zero-order valence-electron chi connectivity index (χ0n) is 24.2. The Hall–Kier alpha value is -4.86. The summed E-state index contributed by atoms with van der Waals surface area (Å²) < 4.78 is 16.9. The molecule has 0 saturated carbocycles. The highest BCUT2D eigenvalue weighted by Gasteiger charge is 2.47. The lowest BCUT2D eigenvalue weighted by molar-refractivity contribution is -0.164. The molecule has 6 rings (SSSR count). The van der Waals surface area contributed by atoms with Crippen molar-refractivity contribution in [1.29, 1.82) is 0 Å². The number of benzene rings is 3. The summed E-state index contributed by atoms with van der Waals surface area (Å²) in [5.74, 6) is -0.179. The van der Waals surface area contributed by atoms with Crippen molar-refractivity contribution in [2.24, 2.45) is 11.1 Å². The maximum absolute atomic E-state index is 14.1. The molecule has 0 bridgehead atoms. The number of nitrogens with zero attached hydrogens (tertiary/aromatic N) is 2. The van der Waals surface area contributed by atoms with Gasteiger partial charge >= 0.3 is 5.97 Å². The molecule has 2 unspecified atom stereocenters. The Morgan fingerprint density at radius 1 is 1.00 bits per heavy atom. The number of anilines is 1. The normalized spacial score (nSPS) is 19.1. The van der Waals surface area contributed by atoms with Crippen LogP contribution in [0.1, 0.15) is 35.4 Å². The predicted octanol–water partition coefficient (Wildman–Crippen LogP) is 3.51. The molecule has 4 aromatic rings. The smallest absolute Gasteiger partial charge is 0.312 e. The highest BCUT2D eigenvalue weighted by atomic mass is 16.5. The standard InChI is InChI=1S/C33H34N4O6/c1-41-25-17-23-24(18-26(25)42-2)35-32(36-30(23)39)37-14-12-33(13-15-37,19-20-8-4-3-5-9-20)31(40)43-27-16-21-10-6-7-11-22(21)28(27)29(34)38/h3-11,17-18,27-28H,12-16,19H2,1-2H3,(H2,34,38)(H,35,36,39). The van der Waals surface area contributed by atoms with E-state index in [1.807, 2.05) is 59.5 Å². The average molecular weight is 583 g/mol. The lowest BCUT2D eigenvalue weighted by Gasteiger charge is -2.41. The Morgan fingerprint density at radius 2 is 1.67 bits per heavy atom. The lowest BCUT2D eigenvalue weighted by atomic mass is 9.73. The Morgan fingerprint density at radius 3 is 2.37 bits per heavy atom. The van der Waals surface area contributed by atoms with Gasteiger partial charge in [0.05, 0.1) is 30.5 Å². The number of methoxy groups -OCH3 is 2. The Labute approximate surface area is 248 Å². The van der Waals surface area contributed by atoms with E-state index >= 15 is 0 Å². The zero-order chi connectivity index (χ0) is 30.1. The van der Waals surface area contributed by atoms with Crippen molar-refractivity contribution in [2.75, 3.05) is 32.2 Å². The van der Waals surface area contributed by atoms with Gasteiger partial charge < -0.3 is 24.8 Å². The highest BCUT2D eigenvalue weighted by molar-refractivity contribution is 5.86. The third-order valence-corrected chi connectivity index (χ3v) is 8.78. The number of carbonyl (C=O) groups excluding carboxylic acids is 2. The first-order chi connectivity index (χ1) is 20.8. The Kier molecular flexibility index (Phi) is 7.52. The van der Waals surface area contributed by atoms with Gasteiger partial charge in [0.15, 0.2) is 11.5 Å². The third kappa shape index (κ3) is 5.29. The summed E-state index contributed by atoms with van der Waals surface area (Å²) in [6.07, 6.45) is 1.21. The van der Waals surface area contributed by atoms with Crippen LogP contribution < -0.4 is 25.7 Å². The number of fused-ring (bicyclic) bond motifs is 2. The van der Waals surface area contributed by atoms with Gasteiger partial charge in [0, 0.05) is 25.6 Å². The van der Waals surface area contributed by atoms with Gasteiger partial charge in [-0.2, -0.15) is 0 Å². The van der Waals surface area contributed by atoms with E-state index in [1.54, 1.807) is 12.1 Å². The first-order valence-corrected chi connectivity index (χ1v) is 14.3. The minimum Gasteiger partial charge on any atom is -0.493 e. The van der Waals surface area contributed by atoms with Crippen molar-refractivity contribution < 1.29 is 23.8 Å². The molecule has 1 aromatic heterocycles. The van der Waals surface area contributed by atoms with E-state index in [9.17, 15) is 14.4 Å². The minimum absolute atomic E-state index is 0.292. The van der Waals surface area contributed by atoms with E-state index in [0.29, 0.717) is 67.1 Å². The fraction of sp³-hybridized carbons (Fsp3) is 0.333. The van der Waals surface area contributed by atoms with Crippen LogP contribution in [-0.4, -0.2) is 55.3 Å². The van der Waals surface area contributed by atoms with Crippen LogP contribution in [0.25, 0.3) is 10.9 Å². The van der Waals surface area contributed by atoms with Crippen LogP contribution in [0.15, 0.2) is 71.5 Å². The summed E-state index contributed by atoms with van der Waals surface area (Å²) >= 11 is 0. The molecule has 1 aliphatic heterocycles. The monoisotopic (exact) mass is 582 g/mol. The number of carbonyl (C=O) groups is 2. The molecule has 2 atom stereocenters. The Bertz CT molecular complexity index is 1730. The molecule has 2 heterocycles. The minimum atomic E-state index is -0.831. The van der Waals surface area contributed by atoms with Crippen LogP contribution in [0.5, 0.6) is 11.5 Å². The molecule has 10 nitrogen and oxygen atoms in total. The van der Waals surface area contributed by atoms with Gasteiger partial charge in [-0.25, -0.2) is 4.98 Å². The fourth-order valence-corrected chi connectivity index (χ4v) is 6.46. The Balaban J connectivity index is 1.27. The van der Waals surface area contributed by atoms with Gasteiger partial charge in [-0.1, -0.05) is 54.6 Å². The SMILES string of the molecule is COc1cc2nc(N3CCC(Cc4ccccc4)(C(=O)OC4Cc5ccccc5C4C(N)=O)CC3)[nH]c(=O)c2cc1OC. The summed E-state index contributed by atoms with van der Waals surface area (Å²) in [5.41, 5.74) is 7.96. The number of amides is 1. The van der Waals surface area contributed by atoms with Crippen LogP contribution in [0.3, 0.4) is 0 Å². The molecule has 0 spiro atoms. The van der Waals surface area contributed by atoms with Crippen molar-refractivity contribution in [2.45, 2.75) is 37.7 Å². The number of aromatic amines is 1. The van der Waals surface area contributed by atoms with Crippen molar-refractivity contribution in [3.63, 3.8) is 0 Å². The predicted molar refractivity (Wildman–Crippen MR) is 161 cm³/mol. The van der Waals surface area contributed by atoms with Gasteiger partial charge in [-0.3, -0.25) is 19.4 Å². The van der Waals surface area contributed by atoms with Crippen molar-refractivity contribution in [3.05, 3.63) is 93.8 Å². The number of rotatable bonds is 8. The molecule has 1 amide bonds. The second-order valence-electron chi connectivity index (χ2n) is 11.3. The average Bonchev–Trinajstić information content (AvgIpc) is 3.39. The van der Waals surface area contributed by atoms with Crippen molar-refractivity contribution in [1.82, 2.24) is 9.97 Å². The first kappa shape index (κ1) is 28.3. The van der Waals surface area contributed by atoms with Gasteiger partial charge in [-0.15, -0.1) is 0 Å². The van der Waals surface area contributed by atoms with Gasteiger partial charge in [0.2, 0.25) is 11.9 Å². The summed E-state index contributed by atoms with van der Waals surface area (Å²) in [5, 5.41) is 0.391. The van der Waals surface area contributed by atoms with E-state index < -0.39 is 23.3 Å². The number of ether oxygens (including phenoxy) is 3. The number of H-pyrrole nitrogens is 1. The second-order valence-corrected chi connectivity index (χ2v) is 11.3. The third-order valence-electron chi connectivity index (χ3n) is 8.78. The van der Waals surface area contributed by atoms with E-state index in [0.717, 1.165) is 16.7 Å². The molecule has 43 heavy (non-hydrogen) atoms. The maximum Gasteiger partial charge on any atom is 0.312 e. The summed E-state index contributed by atoms with van der Waals surface area (Å²) in [4.78, 5) is 49.2. The molecule has 3 aromatic carbocycles. The summed E-state index contributed by atoms with van der Waals surface area (Å²) in [6, 6.07) is 20.7. The van der Waals surface area contributed by atoms with E-state index in [-0.39, 0.29) is 11.5 Å². The number of piperidine rings is 1. The molecule has 222 valence electrons.